The molecule has 0 N–H and O–H groups in total. The molecule has 9 rings (SSSR count). The fourth-order valence-electron chi connectivity index (χ4n) is 7.08. The van der Waals surface area contributed by atoms with Crippen molar-refractivity contribution in [2.24, 2.45) is 0 Å². The van der Waals surface area contributed by atoms with Gasteiger partial charge < -0.3 is 4.90 Å². The molecule has 1 nitrogen and oxygen atoms in total. The van der Waals surface area contributed by atoms with Gasteiger partial charge in [-0.2, -0.15) is 0 Å². The van der Waals surface area contributed by atoms with Crippen LogP contribution in [0.25, 0.3) is 64.7 Å². The minimum atomic E-state index is 1.10. The summed E-state index contributed by atoms with van der Waals surface area (Å²) in [5.74, 6) is 0. The SMILES string of the molecule is c1ccc(-c2cccc(N(c3ccc(-c4ccccc4-c4cccc5c4sc4ccccc45)cc3)c3cccc(-c4ccccc4)c3)c2)cc1. The number of nitrogens with zero attached hydrogens (tertiary/aromatic N) is 1. The first kappa shape index (κ1) is 29.9. The third kappa shape index (κ3) is 5.56. The van der Waals surface area contributed by atoms with Crippen molar-refractivity contribution in [3.63, 3.8) is 0 Å². The molecule has 0 amide bonds. The molecule has 0 saturated heterocycles. The van der Waals surface area contributed by atoms with Gasteiger partial charge in [0.2, 0.25) is 0 Å². The summed E-state index contributed by atoms with van der Waals surface area (Å²) in [5, 5.41) is 2.64. The van der Waals surface area contributed by atoms with E-state index in [9.17, 15) is 0 Å². The van der Waals surface area contributed by atoms with Crippen LogP contribution in [0.4, 0.5) is 17.1 Å². The maximum Gasteiger partial charge on any atom is 0.0467 e. The Balaban J connectivity index is 1.15. The topological polar surface area (TPSA) is 3.24 Å². The quantitative estimate of drug-likeness (QED) is 0.165. The Labute approximate surface area is 297 Å². The van der Waals surface area contributed by atoms with Crippen molar-refractivity contribution in [3.05, 3.63) is 200 Å². The number of hydrogen-bond acceptors (Lipinski definition) is 2. The highest BCUT2D eigenvalue weighted by Crippen LogP contribution is 2.44. The fourth-order valence-corrected chi connectivity index (χ4v) is 8.31. The molecule has 0 radical (unpaired) electrons. The second-order valence-corrected chi connectivity index (χ2v) is 13.6. The van der Waals surface area contributed by atoms with Gasteiger partial charge in [-0.1, -0.05) is 158 Å². The Hall–Kier alpha value is -6.22. The molecule has 50 heavy (non-hydrogen) atoms. The molecule has 9 aromatic rings. The maximum absolute atomic E-state index is 2.37. The van der Waals surface area contributed by atoms with E-state index in [0.717, 1.165) is 17.1 Å². The Morgan fingerprint density at radius 3 is 1.46 bits per heavy atom. The molecule has 0 bridgehead atoms. The van der Waals surface area contributed by atoms with Crippen LogP contribution >= 0.6 is 11.3 Å². The molecule has 1 aromatic heterocycles. The van der Waals surface area contributed by atoms with E-state index >= 15 is 0 Å². The van der Waals surface area contributed by atoms with E-state index in [1.54, 1.807) is 0 Å². The summed E-state index contributed by atoms with van der Waals surface area (Å²) in [6.07, 6.45) is 0. The summed E-state index contributed by atoms with van der Waals surface area (Å²) >= 11 is 1.88. The molecule has 2 heteroatoms. The van der Waals surface area contributed by atoms with E-state index in [0.29, 0.717) is 0 Å². The van der Waals surface area contributed by atoms with Gasteiger partial charge in [-0.15, -0.1) is 11.3 Å². The highest BCUT2D eigenvalue weighted by Gasteiger charge is 2.17. The van der Waals surface area contributed by atoms with Crippen molar-refractivity contribution in [1.29, 1.82) is 0 Å². The zero-order chi connectivity index (χ0) is 33.3. The summed E-state index contributed by atoms with van der Waals surface area (Å²) in [5.41, 5.74) is 13.1. The van der Waals surface area contributed by atoms with Gasteiger partial charge in [0.1, 0.15) is 0 Å². The Kier molecular flexibility index (Phi) is 7.77. The van der Waals surface area contributed by atoms with Gasteiger partial charge in [0.15, 0.2) is 0 Å². The first-order valence-electron chi connectivity index (χ1n) is 17.0. The zero-order valence-corrected chi connectivity index (χ0v) is 28.2. The van der Waals surface area contributed by atoms with Crippen molar-refractivity contribution < 1.29 is 0 Å². The summed E-state index contributed by atoms with van der Waals surface area (Å²) in [6.45, 7) is 0. The lowest BCUT2D eigenvalue weighted by atomic mass is 9.93. The lowest BCUT2D eigenvalue weighted by molar-refractivity contribution is 1.28. The van der Waals surface area contributed by atoms with Crippen LogP contribution in [0.15, 0.2) is 200 Å². The Bertz CT molecular complexity index is 2500. The van der Waals surface area contributed by atoms with Gasteiger partial charge in [0, 0.05) is 42.8 Å². The third-order valence-corrected chi connectivity index (χ3v) is 10.7. The van der Waals surface area contributed by atoms with Crippen molar-refractivity contribution in [2.45, 2.75) is 0 Å². The van der Waals surface area contributed by atoms with Crippen LogP contribution in [-0.2, 0) is 0 Å². The van der Waals surface area contributed by atoms with E-state index < -0.39 is 0 Å². The molecule has 0 aliphatic rings. The van der Waals surface area contributed by atoms with Gasteiger partial charge in [-0.3, -0.25) is 0 Å². The molecule has 0 unspecified atom stereocenters. The smallest absolute Gasteiger partial charge is 0.0467 e. The van der Waals surface area contributed by atoms with E-state index in [1.165, 1.54) is 64.7 Å². The molecule has 0 aliphatic heterocycles. The molecular formula is C48H33NS. The van der Waals surface area contributed by atoms with E-state index in [-0.39, 0.29) is 0 Å². The largest absolute Gasteiger partial charge is 0.310 e. The second-order valence-electron chi connectivity index (χ2n) is 12.5. The number of rotatable bonds is 7. The molecule has 0 saturated carbocycles. The summed E-state index contributed by atoms with van der Waals surface area (Å²) in [6, 6.07) is 72.2. The summed E-state index contributed by atoms with van der Waals surface area (Å²) < 4.78 is 2.66. The molecule has 1 heterocycles. The third-order valence-electron chi connectivity index (χ3n) is 9.48. The summed E-state index contributed by atoms with van der Waals surface area (Å²) in [7, 11) is 0. The predicted molar refractivity (Wildman–Crippen MR) is 216 cm³/mol. The van der Waals surface area contributed by atoms with Crippen LogP contribution < -0.4 is 4.90 Å². The minimum Gasteiger partial charge on any atom is -0.310 e. The molecular weight excluding hydrogens is 623 g/mol. The van der Waals surface area contributed by atoms with E-state index in [1.807, 2.05) is 11.3 Å². The van der Waals surface area contributed by atoms with Gasteiger partial charge in [0.05, 0.1) is 0 Å². The van der Waals surface area contributed by atoms with Crippen LogP contribution in [0.1, 0.15) is 0 Å². The first-order chi connectivity index (χ1) is 24.8. The average Bonchev–Trinajstić information content (AvgIpc) is 3.58. The Morgan fingerprint density at radius 1 is 0.300 bits per heavy atom. The van der Waals surface area contributed by atoms with Crippen LogP contribution in [-0.4, -0.2) is 0 Å². The van der Waals surface area contributed by atoms with Gasteiger partial charge in [0.25, 0.3) is 0 Å². The van der Waals surface area contributed by atoms with E-state index in [4.69, 9.17) is 0 Å². The summed E-state index contributed by atoms with van der Waals surface area (Å²) in [4.78, 5) is 2.37. The maximum atomic E-state index is 2.37. The molecule has 0 atom stereocenters. The number of hydrogen-bond donors (Lipinski definition) is 0. The molecule has 8 aromatic carbocycles. The molecule has 0 aliphatic carbocycles. The molecule has 236 valence electrons. The zero-order valence-electron chi connectivity index (χ0n) is 27.4. The van der Waals surface area contributed by atoms with Gasteiger partial charge >= 0.3 is 0 Å². The van der Waals surface area contributed by atoms with Crippen molar-refractivity contribution in [3.8, 4) is 44.5 Å². The normalized spacial score (nSPS) is 11.2. The minimum absolute atomic E-state index is 1.10. The standard InChI is InChI=1S/C48H33NS/c1-3-14-34(15-4-1)37-18-11-20-40(32-37)49(41-21-12-19-38(33-41)35-16-5-2-6-17-35)39-30-28-36(29-31-39)42-22-7-8-23-43(42)45-25-13-26-46-44-24-9-10-27-47(44)50-48(45)46/h1-33H. The van der Waals surface area contributed by atoms with Crippen LogP contribution in [0.5, 0.6) is 0 Å². The molecule has 0 spiro atoms. The molecule has 0 fully saturated rings. The van der Waals surface area contributed by atoms with E-state index in [2.05, 4.69) is 205 Å². The number of thiophene rings is 1. The van der Waals surface area contributed by atoms with Gasteiger partial charge in [-0.05, 0) is 81.4 Å². The second kappa shape index (κ2) is 13.0. The highest BCUT2D eigenvalue weighted by atomic mass is 32.1. The first-order valence-corrected chi connectivity index (χ1v) is 17.8. The monoisotopic (exact) mass is 655 g/mol. The van der Waals surface area contributed by atoms with Gasteiger partial charge in [-0.25, -0.2) is 0 Å². The fraction of sp³-hybridized carbons (Fsp3) is 0. The average molecular weight is 656 g/mol. The lowest BCUT2D eigenvalue weighted by Crippen LogP contribution is -2.10. The van der Waals surface area contributed by atoms with Crippen molar-refractivity contribution in [2.75, 3.05) is 4.90 Å². The van der Waals surface area contributed by atoms with Crippen LogP contribution in [0.3, 0.4) is 0 Å². The van der Waals surface area contributed by atoms with Crippen molar-refractivity contribution >= 4 is 48.6 Å². The Morgan fingerprint density at radius 2 is 0.800 bits per heavy atom. The van der Waals surface area contributed by atoms with Crippen molar-refractivity contribution in [1.82, 2.24) is 0 Å². The van der Waals surface area contributed by atoms with Crippen LogP contribution in [0.2, 0.25) is 0 Å². The number of fused-ring (bicyclic) bond motifs is 3. The number of benzene rings is 8. The number of anilines is 3. The lowest BCUT2D eigenvalue weighted by Gasteiger charge is -2.27. The van der Waals surface area contributed by atoms with Crippen LogP contribution in [0, 0.1) is 0 Å². The predicted octanol–water partition coefficient (Wildman–Crippen LogP) is 14.2. The highest BCUT2D eigenvalue weighted by molar-refractivity contribution is 7.26.